The van der Waals surface area contributed by atoms with Gasteiger partial charge in [0, 0.05) is 38.4 Å². The lowest BCUT2D eigenvalue weighted by Crippen LogP contribution is -2.04. The van der Waals surface area contributed by atoms with Gasteiger partial charge in [0.05, 0.1) is 11.9 Å². The van der Waals surface area contributed by atoms with Crippen LogP contribution in [0.1, 0.15) is 43.4 Å². The molecule has 0 radical (unpaired) electrons. The molecule has 1 aromatic heterocycles. The number of hydrogen-bond acceptors (Lipinski definition) is 2. The predicted octanol–water partition coefficient (Wildman–Crippen LogP) is 6.50. The van der Waals surface area contributed by atoms with Gasteiger partial charge < -0.3 is 9.67 Å². The summed E-state index contributed by atoms with van der Waals surface area (Å²) in [5, 5.41) is 11.1. The molecule has 1 aliphatic rings. The van der Waals surface area contributed by atoms with Gasteiger partial charge in [-0.3, -0.25) is 4.79 Å². The third-order valence-corrected chi connectivity index (χ3v) is 6.64. The Morgan fingerprint density at radius 3 is 2.75 bits per heavy atom. The topological polar surface area (TPSA) is 42.2 Å². The van der Waals surface area contributed by atoms with E-state index in [1.807, 2.05) is 24.3 Å². The van der Waals surface area contributed by atoms with Crippen molar-refractivity contribution in [2.24, 2.45) is 0 Å². The van der Waals surface area contributed by atoms with E-state index in [2.05, 4.69) is 11.5 Å². The van der Waals surface area contributed by atoms with Crippen LogP contribution in [-0.2, 0) is 17.8 Å². The number of carboxylic acids is 1. The molecule has 4 rings (SSSR count). The summed E-state index contributed by atoms with van der Waals surface area (Å²) in [5.74, 6) is -1.09. The van der Waals surface area contributed by atoms with Gasteiger partial charge in [-0.15, -0.1) is 0 Å². The summed E-state index contributed by atoms with van der Waals surface area (Å²) in [6.45, 7) is 2.81. The van der Waals surface area contributed by atoms with Crippen LogP contribution in [0.2, 0.25) is 5.02 Å². The van der Waals surface area contributed by atoms with E-state index in [-0.39, 0.29) is 18.2 Å². The molecule has 0 fully saturated rings. The molecule has 2 heterocycles. The summed E-state index contributed by atoms with van der Waals surface area (Å²) in [5.41, 5.74) is 2.90. The largest absolute Gasteiger partial charge is 0.481 e. The number of nitrogens with zero attached hydrogens (tertiary/aromatic N) is 1. The fourth-order valence-corrected chi connectivity index (χ4v) is 5.52. The van der Waals surface area contributed by atoms with Crippen LogP contribution in [-0.4, -0.2) is 15.6 Å². The minimum atomic E-state index is -0.800. The highest BCUT2D eigenvalue weighted by Gasteiger charge is 2.32. The Morgan fingerprint density at radius 1 is 1.32 bits per heavy atom. The molecule has 0 saturated carbocycles. The van der Waals surface area contributed by atoms with Crippen LogP contribution >= 0.6 is 23.4 Å². The molecule has 6 heteroatoms. The first-order chi connectivity index (χ1) is 13.5. The lowest BCUT2D eigenvalue weighted by atomic mass is 9.98. The number of hydrogen-bond donors (Lipinski definition) is 1. The molecule has 1 aliphatic heterocycles. The van der Waals surface area contributed by atoms with Crippen molar-refractivity contribution in [1.82, 2.24) is 4.57 Å². The minimum Gasteiger partial charge on any atom is -0.481 e. The number of halogens is 2. The molecule has 3 nitrogen and oxygen atoms in total. The molecular weight excluding hydrogens is 397 g/mol. The summed E-state index contributed by atoms with van der Waals surface area (Å²) in [6, 6.07) is 10.8. The zero-order valence-electron chi connectivity index (χ0n) is 15.5. The third-order valence-electron chi connectivity index (χ3n) is 5.27. The first-order valence-electron chi connectivity index (χ1n) is 9.47. The molecule has 1 N–H and O–H groups in total. The number of carbonyl (C=O) groups is 1. The van der Waals surface area contributed by atoms with Gasteiger partial charge in [0.2, 0.25) is 0 Å². The third kappa shape index (κ3) is 3.53. The Labute approximate surface area is 172 Å². The normalized spacial score (nSPS) is 15.9. The fraction of sp³-hybridized carbons (Fsp3) is 0.318. The Bertz CT molecular complexity index is 1050. The monoisotopic (exact) mass is 417 g/mol. The number of aromatic nitrogens is 1. The lowest BCUT2D eigenvalue weighted by Gasteiger charge is -2.12. The zero-order chi connectivity index (χ0) is 19.8. The summed E-state index contributed by atoms with van der Waals surface area (Å²) in [4.78, 5) is 13.5. The van der Waals surface area contributed by atoms with Crippen LogP contribution in [0.5, 0.6) is 0 Å². The summed E-state index contributed by atoms with van der Waals surface area (Å²) < 4.78 is 16.5. The van der Waals surface area contributed by atoms with Crippen LogP contribution in [0.4, 0.5) is 4.39 Å². The van der Waals surface area contributed by atoms with Crippen molar-refractivity contribution in [2.75, 3.05) is 0 Å². The number of carboxylic acid groups (broad SMARTS) is 1. The van der Waals surface area contributed by atoms with Crippen LogP contribution in [0.15, 0.2) is 46.2 Å². The van der Waals surface area contributed by atoms with Crippen LogP contribution in [0.3, 0.4) is 0 Å². The average molecular weight is 418 g/mol. The molecule has 28 heavy (non-hydrogen) atoms. The Morgan fingerprint density at radius 2 is 2.07 bits per heavy atom. The number of benzene rings is 2. The summed E-state index contributed by atoms with van der Waals surface area (Å²) >= 11 is 7.65. The van der Waals surface area contributed by atoms with Crippen molar-refractivity contribution < 1.29 is 14.3 Å². The molecule has 1 atom stereocenters. The first kappa shape index (κ1) is 19.3. The van der Waals surface area contributed by atoms with Gasteiger partial charge in [-0.2, -0.15) is 0 Å². The van der Waals surface area contributed by atoms with Crippen LogP contribution in [0.25, 0.3) is 10.9 Å². The zero-order valence-corrected chi connectivity index (χ0v) is 17.1. The SMILES string of the molecule is CCCc1cc(F)cc2c1c(Sc1ccc(Cl)cc1)c1n2CCC1CC(=O)O. The van der Waals surface area contributed by atoms with Crippen molar-refractivity contribution in [3.05, 3.63) is 58.5 Å². The second kappa shape index (κ2) is 7.80. The van der Waals surface area contributed by atoms with Gasteiger partial charge in [-0.25, -0.2) is 4.39 Å². The molecule has 0 amide bonds. The predicted molar refractivity (Wildman–Crippen MR) is 111 cm³/mol. The molecule has 0 saturated heterocycles. The van der Waals surface area contributed by atoms with Gasteiger partial charge >= 0.3 is 5.97 Å². The average Bonchev–Trinajstić information content (AvgIpc) is 3.17. The smallest absolute Gasteiger partial charge is 0.304 e. The van der Waals surface area contributed by atoms with Crippen molar-refractivity contribution >= 4 is 40.2 Å². The molecule has 0 aliphatic carbocycles. The number of aryl methyl sites for hydroxylation is 2. The van der Waals surface area contributed by atoms with Crippen LogP contribution < -0.4 is 0 Å². The van der Waals surface area contributed by atoms with Crippen molar-refractivity contribution in [3.8, 4) is 0 Å². The van der Waals surface area contributed by atoms with Crippen LogP contribution in [0, 0.1) is 5.82 Å². The first-order valence-corrected chi connectivity index (χ1v) is 10.7. The lowest BCUT2D eigenvalue weighted by molar-refractivity contribution is -0.137. The maximum Gasteiger partial charge on any atom is 0.304 e. The Balaban J connectivity index is 1.93. The van der Waals surface area contributed by atoms with Gasteiger partial charge in [-0.1, -0.05) is 36.7 Å². The highest BCUT2D eigenvalue weighted by Crippen LogP contribution is 2.48. The quantitative estimate of drug-likeness (QED) is 0.497. The maximum atomic E-state index is 14.3. The van der Waals surface area contributed by atoms with E-state index >= 15 is 0 Å². The molecule has 1 unspecified atom stereocenters. The molecule has 0 spiro atoms. The van der Waals surface area contributed by atoms with E-state index in [4.69, 9.17) is 11.6 Å². The number of fused-ring (bicyclic) bond motifs is 3. The molecule has 146 valence electrons. The van der Waals surface area contributed by atoms with E-state index in [0.29, 0.717) is 5.02 Å². The molecule has 2 aromatic carbocycles. The van der Waals surface area contributed by atoms with E-state index in [9.17, 15) is 14.3 Å². The van der Waals surface area contributed by atoms with E-state index in [1.165, 1.54) is 0 Å². The number of rotatable bonds is 6. The van der Waals surface area contributed by atoms with Gasteiger partial charge in [0.1, 0.15) is 5.82 Å². The number of aliphatic carboxylic acids is 1. The van der Waals surface area contributed by atoms with E-state index < -0.39 is 5.97 Å². The summed E-state index contributed by atoms with van der Waals surface area (Å²) in [7, 11) is 0. The van der Waals surface area contributed by atoms with Crippen molar-refractivity contribution in [3.63, 3.8) is 0 Å². The van der Waals surface area contributed by atoms with Gasteiger partial charge in [0.25, 0.3) is 0 Å². The Kier molecular flexibility index (Phi) is 5.39. The van der Waals surface area contributed by atoms with Crippen molar-refractivity contribution in [2.45, 2.75) is 54.9 Å². The highest BCUT2D eigenvalue weighted by atomic mass is 35.5. The second-order valence-electron chi connectivity index (χ2n) is 7.21. The van der Waals surface area contributed by atoms with Crippen molar-refractivity contribution in [1.29, 1.82) is 0 Å². The maximum absolute atomic E-state index is 14.3. The molecular formula is C22H21ClFNO2S. The second-order valence-corrected chi connectivity index (χ2v) is 8.73. The Hall–Kier alpha value is -1.98. The summed E-state index contributed by atoms with van der Waals surface area (Å²) in [6.07, 6.45) is 2.57. The van der Waals surface area contributed by atoms with Gasteiger partial charge in [-0.05, 0) is 54.8 Å². The standard InChI is InChI=1S/C22H21ClFNO2S/c1-2-3-13-10-16(24)12-18-20(13)22(28-17-6-4-15(23)5-7-17)21-14(11-19(26)27)8-9-25(18)21/h4-7,10,12,14H,2-3,8-9,11H2,1H3,(H,26,27). The molecule has 3 aromatic rings. The minimum absolute atomic E-state index is 0.0581. The fourth-order valence-electron chi connectivity index (χ4n) is 4.17. The highest BCUT2D eigenvalue weighted by molar-refractivity contribution is 7.99. The molecule has 0 bridgehead atoms. The van der Waals surface area contributed by atoms with E-state index in [0.717, 1.165) is 57.8 Å². The van der Waals surface area contributed by atoms with Gasteiger partial charge in [0.15, 0.2) is 0 Å². The van der Waals surface area contributed by atoms with E-state index in [1.54, 1.807) is 23.9 Å².